The lowest BCUT2D eigenvalue weighted by atomic mass is 9.85. The Bertz CT molecular complexity index is 1810. The molecule has 10 heteroatoms. The zero-order valence-electron chi connectivity index (χ0n) is 25.0. The van der Waals surface area contributed by atoms with Gasteiger partial charge in [-0.05, 0) is 99.1 Å². The van der Waals surface area contributed by atoms with Crippen LogP contribution in [0.2, 0.25) is 0 Å². The third-order valence-electron chi connectivity index (χ3n) is 8.99. The van der Waals surface area contributed by atoms with Gasteiger partial charge in [0.15, 0.2) is 5.13 Å². The van der Waals surface area contributed by atoms with Crippen molar-refractivity contribution >= 4 is 33.8 Å². The summed E-state index contributed by atoms with van der Waals surface area (Å²) in [5, 5.41) is 13.9. The van der Waals surface area contributed by atoms with E-state index in [2.05, 4.69) is 52.0 Å². The molecule has 0 radical (unpaired) electrons. The zero-order valence-corrected chi connectivity index (χ0v) is 25.8. The lowest BCUT2D eigenvalue weighted by molar-refractivity contribution is 0.249. The Kier molecular flexibility index (Phi) is 7.75. The molecule has 4 aromatic heterocycles. The minimum absolute atomic E-state index is 0.323. The quantitative estimate of drug-likeness (QED) is 0.211. The standard InChI is InChI=1S/C34H35FN8S/c1-3-28-33(41(2)34-40-32(29(17-36)44-34)24-4-8-27(35)9-5-24)43-21-26(7-11-31(43)39-28)25-6-10-30(38-20-25)42-14-12-22(13-15-42)16-23-18-37-19-23/h4-11,20-23,37H,3,12-16,18-19H2,1-2H3. The van der Waals surface area contributed by atoms with Gasteiger partial charge in [0, 0.05) is 49.2 Å². The Morgan fingerprint density at radius 3 is 2.41 bits per heavy atom. The molecule has 5 aromatic rings. The second kappa shape index (κ2) is 12.0. The Labute approximate surface area is 260 Å². The van der Waals surface area contributed by atoms with Crippen LogP contribution in [0.15, 0.2) is 60.9 Å². The summed E-state index contributed by atoms with van der Waals surface area (Å²) in [6.07, 6.45) is 8.66. The van der Waals surface area contributed by atoms with Crippen LogP contribution in [-0.4, -0.2) is 52.6 Å². The molecule has 1 aromatic carbocycles. The molecular weight excluding hydrogens is 571 g/mol. The summed E-state index contributed by atoms with van der Waals surface area (Å²) in [5.41, 5.74) is 5.13. The number of nitrogens with one attached hydrogen (secondary N) is 1. The van der Waals surface area contributed by atoms with E-state index in [0.717, 1.165) is 65.4 Å². The van der Waals surface area contributed by atoms with Gasteiger partial charge in [0.25, 0.3) is 0 Å². The highest BCUT2D eigenvalue weighted by atomic mass is 32.1. The first-order chi connectivity index (χ1) is 21.5. The van der Waals surface area contributed by atoms with E-state index >= 15 is 0 Å². The maximum Gasteiger partial charge on any atom is 0.192 e. The second-order valence-electron chi connectivity index (χ2n) is 11.8. The topological polar surface area (TPSA) is 85.4 Å². The number of piperidine rings is 1. The van der Waals surface area contributed by atoms with E-state index in [1.54, 1.807) is 12.1 Å². The average Bonchev–Trinajstić information content (AvgIpc) is 3.65. The molecule has 0 unspecified atom stereocenters. The van der Waals surface area contributed by atoms with Crippen LogP contribution in [0.1, 0.15) is 36.8 Å². The fraction of sp³-hybridized carbons (Fsp3) is 0.353. The van der Waals surface area contributed by atoms with Crippen molar-refractivity contribution in [2.24, 2.45) is 11.8 Å². The summed E-state index contributed by atoms with van der Waals surface area (Å²) in [4.78, 5) is 19.5. The van der Waals surface area contributed by atoms with Crippen molar-refractivity contribution in [2.75, 3.05) is 43.0 Å². The van der Waals surface area contributed by atoms with Crippen LogP contribution in [-0.2, 0) is 6.42 Å². The fourth-order valence-electron chi connectivity index (χ4n) is 6.39. The number of rotatable bonds is 8. The molecule has 0 aliphatic carbocycles. The maximum atomic E-state index is 13.5. The van der Waals surface area contributed by atoms with Crippen LogP contribution >= 0.6 is 11.3 Å². The van der Waals surface area contributed by atoms with Crippen molar-refractivity contribution in [2.45, 2.75) is 32.6 Å². The minimum atomic E-state index is -0.323. The van der Waals surface area contributed by atoms with Crippen molar-refractivity contribution in [3.63, 3.8) is 0 Å². The predicted molar refractivity (Wildman–Crippen MR) is 174 cm³/mol. The number of imidazole rings is 1. The highest BCUT2D eigenvalue weighted by molar-refractivity contribution is 7.16. The molecule has 2 aliphatic rings. The van der Waals surface area contributed by atoms with Gasteiger partial charge in [0.05, 0.1) is 5.69 Å². The molecule has 6 heterocycles. The Hall–Kier alpha value is -4.33. The molecule has 0 spiro atoms. The fourth-order valence-corrected chi connectivity index (χ4v) is 7.24. The van der Waals surface area contributed by atoms with E-state index in [0.29, 0.717) is 21.3 Å². The van der Waals surface area contributed by atoms with E-state index in [1.807, 2.05) is 24.2 Å². The Morgan fingerprint density at radius 2 is 1.75 bits per heavy atom. The lowest BCUT2D eigenvalue weighted by Crippen LogP contribution is -2.44. The second-order valence-corrected chi connectivity index (χ2v) is 12.8. The summed E-state index contributed by atoms with van der Waals surface area (Å²) < 4.78 is 15.6. The largest absolute Gasteiger partial charge is 0.357 e. The molecule has 0 amide bonds. The number of aryl methyl sites for hydroxylation is 1. The van der Waals surface area contributed by atoms with E-state index in [4.69, 9.17) is 15.0 Å². The van der Waals surface area contributed by atoms with E-state index < -0.39 is 0 Å². The minimum Gasteiger partial charge on any atom is -0.357 e. The molecule has 1 N–H and O–H groups in total. The number of hydrogen-bond acceptors (Lipinski definition) is 8. The number of benzene rings is 1. The van der Waals surface area contributed by atoms with E-state index in [1.165, 1.54) is 55.8 Å². The maximum absolute atomic E-state index is 13.5. The number of nitriles is 1. The van der Waals surface area contributed by atoms with Gasteiger partial charge in [-0.15, -0.1) is 0 Å². The number of nitrogens with zero attached hydrogens (tertiary/aromatic N) is 7. The molecule has 2 fully saturated rings. The van der Waals surface area contributed by atoms with Crippen molar-refractivity contribution in [1.29, 1.82) is 5.26 Å². The SMILES string of the molecule is CCc1nc2ccc(-c3ccc(N4CCC(CC5CNC5)CC4)nc3)cn2c1N(C)c1nc(-c2ccc(F)cc2)c(C#N)s1. The number of hydrogen-bond donors (Lipinski definition) is 1. The van der Waals surface area contributed by atoms with Gasteiger partial charge >= 0.3 is 0 Å². The molecule has 0 saturated carbocycles. The van der Waals surface area contributed by atoms with Gasteiger partial charge in [-0.2, -0.15) is 5.26 Å². The third kappa shape index (κ3) is 5.42. The van der Waals surface area contributed by atoms with Crippen LogP contribution in [0.3, 0.4) is 0 Å². The van der Waals surface area contributed by atoms with Crippen molar-refractivity contribution in [3.05, 3.63) is 77.3 Å². The highest BCUT2D eigenvalue weighted by Crippen LogP contribution is 2.37. The van der Waals surface area contributed by atoms with Crippen LogP contribution in [0.5, 0.6) is 0 Å². The molecule has 224 valence electrons. The monoisotopic (exact) mass is 606 g/mol. The van der Waals surface area contributed by atoms with Gasteiger partial charge < -0.3 is 15.1 Å². The van der Waals surface area contributed by atoms with Gasteiger partial charge in [-0.1, -0.05) is 18.3 Å². The number of halogens is 1. The first-order valence-electron chi connectivity index (χ1n) is 15.3. The Balaban J connectivity index is 1.14. The van der Waals surface area contributed by atoms with Crippen molar-refractivity contribution in [3.8, 4) is 28.5 Å². The first-order valence-corrected chi connectivity index (χ1v) is 16.2. The highest BCUT2D eigenvalue weighted by Gasteiger charge is 2.26. The molecule has 8 nitrogen and oxygen atoms in total. The third-order valence-corrected chi connectivity index (χ3v) is 10.0. The zero-order chi connectivity index (χ0) is 30.2. The van der Waals surface area contributed by atoms with Crippen LogP contribution in [0.4, 0.5) is 21.2 Å². The average molecular weight is 607 g/mol. The van der Waals surface area contributed by atoms with Gasteiger partial charge in [-0.25, -0.2) is 19.3 Å². The van der Waals surface area contributed by atoms with Crippen LogP contribution < -0.4 is 15.1 Å². The van der Waals surface area contributed by atoms with Gasteiger partial charge in [0.2, 0.25) is 0 Å². The summed E-state index contributed by atoms with van der Waals surface area (Å²) in [5.74, 6) is 3.34. The number of aromatic nitrogens is 4. The number of anilines is 3. The molecule has 2 aliphatic heterocycles. The predicted octanol–water partition coefficient (Wildman–Crippen LogP) is 6.69. The summed E-state index contributed by atoms with van der Waals surface area (Å²) >= 11 is 1.32. The molecule has 2 saturated heterocycles. The molecule has 0 atom stereocenters. The normalized spacial score (nSPS) is 15.8. The number of pyridine rings is 2. The summed E-state index contributed by atoms with van der Waals surface area (Å²) in [6, 6.07) is 16.8. The molecule has 44 heavy (non-hydrogen) atoms. The molecule has 7 rings (SSSR count). The lowest BCUT2D eigenvalue weighted by Gasteiger charge is -2.36. The van der Waals surface area contributed by atoms with Gasteiger partial charge in [-0.3, -0.25) is 4.40 Å². The van der Waals surface area contributed by atoms with Crippen LogP contribution in [0, 0.1) is 29.0 Å². The smallest absolute Gasteiger partial charge is 0.192 e. The summed E-state index contributed by atoms with van der Waals surface area (Å²) in [6.45, 7) is 6.61. The van der Waals surface area contributed by atoms with Gasteiger partial charge in [0.1, 0.15) is 39.7 Å². The van der Waals surface area contributed by atoms with E-state index in [9.17, 15) is 9.65 Å². The number of fused-ring (bicyclic) bond motifs is 1. The van der Waals surface area contributed by atoms with E-state index in [-0.39, 0.29) is 5.82 Å². The first kappa shape index (κ1) is 28.4. The van der Waals surface area contributed by atoms with Crippen molar-refractivity contribution in [1.82, 2.24) is 24.7 Å². The Morgan fingerprint density at radius 1 is 1.00 bits per heavy atom. The van der Waals surface area contributed by atoms with Crippen molar-refractivity contribution < 1.29 is 4.39 Å². The number of thiazole rings is 1. The van der Waals surface area contributed by atoms with Crippen LogP contribution in [0.25, 0.3) is 28.0 Å². The molecular formula is C34H35FN8S. The molecule has 0 bridgehead atoms. The summed E-state index contributed by atoms with van der Waals surface area (Å²) in [7, 11) is 1.95.